The van der Waals surface area contributed by atoms with Crippen molar-refractivity contribution < 1.29 is 38.9 Å². The van der Waals surface area contributed by atoms with Crippen LogP contribution >= 0.6 is 15.9 Å². The smallest absolute Gasteiger partial charge is 0.359 e. The van der Waals surface area contributed by atoms with Crippen LogP contribution in [0.1, 0.15) is 64.9 Å². The van der Waals surface area contributed by atoms with Crippen molar-refractivity contribution in [1.29, 1.82) is 0 Å². The molecule has 2 N–H and O–H groups in total. The van der Waals surface area contributed by atoms with Gasteiger partial charge < -0.3 is 29.5 Å². The van der Waals surface area contributed by atoms with Gasteiger partial charge in [0.15, 0.2) is 22.7 Å². The molecule has 2 aliphatic heterocycles. The molecule has 0 bridgehead atoms. The number of hydrogen-bond acceptors (Lipinski definition) is 14. The predicted molar refractivity (Wildman–Crippen MR) is 233 cm³/mol. The van der Waals surface area contributed by atoms with E-state index in [0.29, 0.717) is 64.5 Å². The van der Waals surface area contributed by atoms with E-state index in [2.05, 4.69) is 63.8 Å². The third kappa shape index (κ3) is 9.71. The van der Waals surface area contributed by atoms with Crippen LogP contribution in [0.2, 0.25) is 0 Å². The van der Waals surface area contributed by atoms with Crippen molar-refractivity contribution in [3.63, 3.8) is 0 Å². The van der Waals surface area contributed by atoms with Crippen LogP contribution in [0.25, 0.3) is 33.4 Å². The third-order valence-corrected chi connectivity index (χ3v) is 10.3. The van der Waals surface area contributed by atoms with Gasteiger partial charge >= 0.3 is 11.9 Å². The standard InChI is InChI=1S/C22H21N5O4.C15H13BrN4O2.C7H9NO2/c1-4-31-20(28)18-17-13-23-14(2)24-19(17)27(25-18)16-7-5-6-15(12-16)8-9-22(30)10-11-26(3)21(22)29;1-3-22-15(21)13-12-8-17-9(2)18-14(12)20(19-13)11-6-4-5-10(16)7-11;1-3-7(10)4-5-8(2)6(7)9/h5-7,12-13,30H,4,10-11H2,1-3H3;4-8H,3H2,1-2H3;1,10H,4-5H2,2H3/t22-;;7-/m0.0/s1. The fraction of sp³-hybridized carbons (Fsp3) is 0.318. The van der Waals surface area contributed by atoms with Gasteiger partial charge in [0.05, 0.1) is 35.4 Å². The Kier molecular flexibility index (Phi) is 13.6. The maximum Gasteiger partial charge on any atom is 0.359 e. The number of benzene rings is 2. The highest BCUT2D eigenvalue weighted by Gasteiger charge is 2.43. The molecule has 0 radical (unpaired) electrons. The number of rotatable bonds is 6. The SMILES string of the molecule is C#C[C@]1(O)CCN(C)C1=O.CCOC(=O)c1nn(-c2cccc(Br)c2)c2nc(C)ncc12.CCOC(=O)c1nn(-c2cccc(C#C[C@]3(O)CCN(C)C3=O)c2)c2nc(C)ncc12. The van der Waals surface area contributed by atoms with Gasteiger partial charge in [-0.3, -0.25) is 9.59 Å². The van der Waals surface area contributed by atoms with E-state index in [-0.39, 0.29) is 36.9 Å². The maximum absolute atomic E-state index is 12.4. The number of halogens is 1. The molecule has 19 heteroatoms. The van der Waals surface area contributed by atoms with Gasteiger partial charge in [-0.1, -0.05) is 45.8 Å². The molecule has 6 aromatic rings. The Labute approximate surface area is 370 Å². The van der Waals surface area contributed by atoms with E-state index in [1.54, 1.807) is 83.1 Å². The molecule has 2 aromatic carbocycles. The lowest BCUT2D eigenvalue weighted by Gasteiger charge is -2.13. The molecule has 18 nitrogen and oxygen atoms in total. The van der Waals surface area contributed by atoms with Gasteiger partial charge in [-0.15, -0.1) is 6.42 Å². The number of terminal acetylenes is 1. The highest BCUT2D eigenvalue weighted by Crippen LogP contribution is 2.25. The van der Waals surface area contributed by atoms with E-state index >= 15 is 0 Å². The Morgan fingerprint density at radius 1 is 0.778 bits per heavy atom. The molecule has 0 saturated carbocycles. The van der Waals surface area contributed by atoms with E-state index < -0.39 is 29.0 Å². The second-order valence-corrected chi connectivity index (χ2v) is 15.3. The molecule has 0 spiro atoms. The third-order valence-electron chi connectivity index (χ3n) is 9.84. The van der Waals surface area contributed by atoms with Crippen LogP contribution in [0.4, 0.5) is 0 Å². The summed E-state index contributed by atoms with van der Waals surface area (Å²) in [4.78, 5) is 67.6. The molecule has 0 unspecified atom stereocenters. The highest BCUT2D eigenvalue weighted by atomic mass is 79.9. The van der Waals surface area contributed by atoms with Crippen LogP contribution in [-0.4, -0.2) is 135 Å². The molecule has 6 heterocycles. The highest BCUT2D eigenvalue weighted by molar-refractivity contribution is 9.10. The Balaban J connectivity index is 0.000000178. The van der Waals surface area contributed by atoms with Gasteiger partial charge in [0.2, 0.25) is 11.2 Å². The molecule has 0 aliphatic carbocycles. The summed E-state index contributed by atoms with van der Waals surface area (Å²) in [5.74, 6) is 7.02. The van der Waals surface area contributed by atoms with E-state index in [4.69, 9.17) is 15.9 Å². The first-order valence-corrected chi connectivity index (χ1v) is 20.4. The quantitative estimate of drug-likeness (QED) is 0.180. The minimum Gasteiger partial charge on any atom is -0.461 e. The van der Waals surface area contributed by atoms with Crippen molar-refractivity contribution in [3.05, 3.63) is 94.0 Å². The molecule has 2 saturated heterocycles. The molecule has 2 amide bonds. The number of hydrogen-bond donors (Lipinski definition) is 2. The van der Waals surface area contributed by atoms with Crippen LogP contribution in [-0.2, 0) is 19.1 Å². The van der Waals surface area contributed by atoms with Crippen LogP contribution < -0.4 is 0 Å². The monoisotopic (exact) mass is 918 g/mol. The lowest BCUT2D eigenvalue weighted by atomic mass is 10.0. The van der Waals surface area contributed by atoms with Crippen LogP contribution in [0, 0.1) is 38.0 Å². The van der Waals surface area contributed by atoms with Gasteiger partial charge in [-0.2, -0.15) is 10.2 Å². The summed E-state index contributed by atoms with van der Waals surface area (Å²) < 4.78 is 14.2. The number of ether oxygens (including phenoxy) is 2. The van der Waals surface area contributed by atoms with E-state index in [0.717, 1.165) is 10.2 Å². The molecule has 8 rings (SSSR count). The van der Waals surface area contributed by atoms with Crippen molar-refractivity contribution in [1.82, 2.24) is 49.3 Å². The van der Waals surface area contributed by atoms with Crippen molar-refractivity contribution in [3.8, 4) is 35.6 Å². The minimum absolute atomic E-state index is 0.127. The topological polar surface area (TPSA) is 221 Å². The summed E-state index contributed by atoms with van der Waals surface area (Å²) in [6.07, 6.45) is 8.73. The zero-order valence-corrected chi connectivity index (χ0v) is 36.9. The lowest BCUT2D eigenvalue weighted by molar-refractivity contribution is -0.138. The number of likely N-dealkylation sites (N-methyl/N-ethyl adjacent to an activating group) is 2. The number of aliphatic hydroxyl groups is 2. The molecular weight excluding hydrogens is 876 g/mol. The number of fused-ring (bicyclic) bond motifs is 2. The molecule has 4 aromatic heterocycles. The van der Waals surface area contributed by atoms with E-state index in [1.807, 2.05) is 24.3 Å². The number of esters is 2. The van der Waals surface area contributed by atoms with Crippen molar-refractivity contribution >= 4 is 61.7 Å². The Bertz CT molecular complexity index is 2860. The summed E-state index contributed by atoms with van der Waals surface area (Å²) in [7, 11) is 3.26. The molecule has 2 aliphatic rings. The fourth-order valence-corrected chi connectivity index (χ4v) is 6.88. The first-order valence-electron chi connectivity index (χ1n) is 19.6. The second-order valence-electron chi connectivity index (χ2n) is 14.4. The maximum atomic E-state index is 12.4. The number of aryl methyl sites for hydroxylation is 2. The number of carbonyl (C=O) groups is 4. The van der Waals surface area contributed by atoms with Gasteiger partial charge in [-0.05, 0) is 64.1 Å². The average molecular weight is 920 g/mol. The Hall–Kier alpha value is -7.06. The second kappa shape index (κ2) is 18.9. The van der Waals surface area contributed by atoms with Gasteiger partial charge in [0, 0.05) is 62.5 Å². The number of carbonyl (C=O) groups excluding carboxylic acids is 4. The van der Waals surface area contributed by atoms with Crippen molar-refractivity contribution in [2.24, 2.45) is 0 Å². The summed E-state index contributed by atoms with van der Waals surface area (Å²) in [6, 6.07) is 14.7. The Morgan fingerprint density at radius 2 is 1.25 bits per heavy atom. The summed E-state index contributed by atoms with van der Waals surface area (Å²) in [6.45, 7) is 8.53. The summed E-state index contributed by atoms with van der Waals surface area (Å²) in [5, 5.41) is 29.7. The predicted octanol–water partition coefficient (Wildman–Crippen LogP) is 3.52. The van der Waals surface area contributed by atoms with Gasteiger partial charge in [0.1, 0.15) is 11.6 Å². The van der Waals surface area contributed by atoms with Gasteiger partial charge in [0.25, 0.3) is 11.8 Å². The molecular formula is C44H43BrN10O8. The largest absolute Gasteiger partial charge is 0.461 e. The van der Waals surface area contributed by atoms with Crippen LogP contribution in [0.15, 0.2) is 65.4 Å². The first-order chi connectivity index (χ1) is 30.0. The Morgan fingerprint density at radius 3 is 1.68 bits per heavy atom. The van der Waals surface area contributed by atoms with E-state index in [9.17, 15) is 29.4 Å². The first kappa shape index (κ1) is 45.5. The summed E-state index contributed by atoms with van der Waals surface area (Å²) >= 11 is 3.43. The van der Waals surface area contributed by atoms with Crippen molar-refractivity contribution in [2.75, 3.05) is 40.4 Å². The zero-order valence-electron chi connectivity index (χ0n) is 35.3. The molecule has 2 fully saturated rings. The number of likely N-dealkylation sites (tertiary alicyclic amines) is 2. The van der Waals surface area contributed by atoms with Gasteiger partial charge in [-0.25, -0.2) is 38.9 Å². The number of nitrogens with zero attached hydrogens (tertiary/aromatic N) is 10. The van der Waals surface area contributed by atoms with Crippen molar-refractivity contribution in [2.45, 2.75) is 51.7 Å². The fourth-order valence-electron chi connectivity index (χ4n) is 6.49. The lowest BCUT2D eigenvalue weighted by Crippen LogP contribution is -2.37. The zero-order chi connectivity index (χ0) is 45.6. The number of aromatic nitrogens is 8. The van der Waals surface area contributed by atoms with E-state index in [1.165, 1.54) is 14.5 Å². The number of amides is 2. The van der Waals surface area contributed by atoms with Crippen LogP contribution in [0.3, 0.4) is 0 Å². The average Bonchev–Trinajstić information content (AvgIpc) is 3.99. The molecule has 63 heavy (non-hydrogen) atoms. The normalized spacial score (nSPS) is 17.9. The summed E-state index contributed by atoms with van der Waals surface area (Å²) in [5.41, 5.74) is 0.194. The minimum atomic E-state index is -1.68. The molecule has 2 atom stereocenters. The van der Waals surface area contributed by atoms with Crippen LogP contribution in [0.5, 0.6) is 0 Å². The molecule has 324 valence electrons.